The predicted octanol–water partition coefficient (Wildman–Crippen LogP) is 1.48. The van der Waals surface area contributed by atoms with Crippen molar-refractivity contribution in [3.05, 3.63) is 17.0 Å². The van der Waals surface area contributed by atoms with Crippen LogP contribution in [0.5, 0.6) is 0 Å². The molecule has 2 heterocycles. The zero-order valence-corrected chi connectivity index (χ0v) is 10.1. The third kappa shape index (κ3) is 2.71. The number of rotatable bonds is 3. The summed E-state index contributed by atoms with van der Waals surface area (Å²) in [6, 6.07) is 2.16. The largest absolute Gasteiger partial charge is 0.374 e. The summed E-state index contributed by atoms with van der Waals surface area (Å²) >= 11 is 1.80. The summed E-state index contributed by atoms with van der Waals surface area (Å²) in [5, 5.41) is 6.84. The van der Waals surface area contributed by atoms with Crippen molar-refractivity contribution in [3.63, 3.8) is 0 Å². The molecule has 1 N–H and O–H groups in total. The van der Waals surface area contributed by atoms with Gasteiger partial charge >= 0.3 is 0 Å². The average Bonchev–Trinajstić information content (AvgIpc) is 2.66. The Bertz CT molecular complexity index is 307. The molecule has 15 heavy (non-hydrogen) atoms. The van der Waals surface area contributed by atoms with Gasteiger partial charge < -0.3 is 15.0 Å². The lowest BCUT2D eigenvalue weighted by molar-refractivity contribution is 0.0341. The zero-order chi connectivity index (χ0) is 10.7. The fraction of sp³-hybridized carbons (Fsp3) is 0.636. The van der Waals surface area contributed by atoms with Gasteiger partial charge in [-0.25, -0.2) is 0 Å². The molecule has 1 aliphatic rings. The molecule has 0 bridgehead atoms. The molecule has 1 saturated heterocycles. The predicted molar refractivity (Wildman–Crippen MR) is 64.9 cm³/mol. The van der Waals surface area contributed by atoms with E-state index in [9.17, 15) is 0 Å². The molecule has 3 nitrogen and oxygen atoms in total. The van der Waals surface area contributed by atoms with E-state index in [1.165, 1.54) is 10.6 Å². The number of anilines is 1. The number of hydrogen-bond donors (Lipinski definition) is 1. The van der Waals surface area contributed by atoms with Crippen molar-refractivity contribution >= 4 is 16.3 Å². The maximum Gasteiger partial charge on any atom is 0.0936 e. The first-order chi connectivity index (χ1) is 7.27. The highest BCUT2D eigenvalue weighted by atomic mass is 32.1. The summed E-state index contributed by atoms with van der Waals surface area (Å²) in [5.74, 6) is 0. The summed E-state index contributed by atoms with van der Waals surface area (Å²) in [7, 11) is 2.14. The topological polar surface area (TPSA) is 24.5 Å². The minimum Gasteiger partial charge on any atom is -0.374 e. The van der Waals surface area contributed by atoms with E-state index in [0.717, 1.165) is 26.2 Å². The quantitative estimate of drug-likeness (QED) is 0.845. The van der Waals surface area contributed by atoms with E-state index >= 15 is 0 Å². The van der Waals surface area contributed by atoms with Crippen molar-refractivity contribution in [2.24, 2.45) is 0 Å². The van der Waals surface area contributed by atoms with Gasteiger partial charge in [0.15, 0.2) is 0 Å². The van der Waals surface area contributed by atoms with Crippen molar-refractivity contribution in [2.45, 2.75) is 13.0 Å². The fourth-order valence-corrected chi connectivity index (χ4v) is 2.79. The summed E-state index contributed by atoms with van der Waals surface area (Å²) in [6.45, 7) is 5.91. The molecule has 84 valence electrons. The number of ether oxygens (including phenoxy) is 1. The van der Waals surface area contributed by atoms with Gasteiger partial charge in [-0.15, -0.1) is 11.3 Å². The zero-order valence-electron chi connectivity index (χ0n) is 9.32. The molecular weight excluding hydrogens is 208 g/mol. The SMILES string of the molecule is Cc1ccsc1N(C)CC1CNCCO1. The van der Waals surface area contributed by atoms with E-state index in [1.54, 1.807) is 11.3 Å². The molecule has 1 aromatic heterocycles. The molecule has 0 amide bonds. The second-order valence-electron chi connectivity index (χ2n) is 3.99. The number of morpholine rings is 1. The molecule has 1 unspecified atom stereocenters. The van der Waals surface area contributed by atoms with Gasteiger partial charge in [-0.3, -0.25) is 0 Å². The summed E-state index contributed by atoms with van der Waals surface area (Å²) in [4.78, 5) is 2.29. The molecule has 2 rings (SSSR count). The molecule has 0 aliphatic carbocycles. The van der Waals surface area contributed by atoms with Gasteiger partial charge in [0.1, 0.15) is 0 Å². The van der Waals surface area contributed by atoms with Crippen LogP contribution in [0, 0.1) is 6.92 Å². The Kier molecular flexibility index (Phi) is 3.61. The van der Waals surface area contributed by atoms with E-state index in [4.69, 9.17) is 4.74 Å². The fourth-order valence-electron chi connectivity index (χ4n) is 1.88. The lowest BCUT2D eigenvalue weighted by Gasteiger charge is -2.28. The minimum atomic E-state index is 0.324. The van der Waals surface area contributed by atoms with E-state index in [2.05, 4.69) is 35.6 Å². The third-order valence-electron chi connectivity index (χ3n) is 2.66. The number of likely N-dealkylation sites (N-methyl/N-ethyl adjacent to an activating group) is 1. The van der Waals surface area contributed by atoms with Crippen LogP contribution in [0.1, 0.15) is 5.56 Å². The monoisotopic (exact) mass is 226 g/mol. The highest BCUT2D eigenvalue weighted by molar-refractivity contribution is 7.14. The van der Waals surface area contributed by atoms with Gasteiger partial charge in [0.2, 0.25) is 0 Å². The maximum absolute atomic E-state index is 5.69. The number of aryl methyl sites for hydroxylation is 1. The van der Waals surface area contributed by atoms with Crippen LogP contribution in [-0.2, 0) is 4.74 Å². The number of hydrogen-bond acceptors (Lipinski definition) is 4. The molecule has 1 aliphatic heterocycles. The van der Waals surface area contributed by atoms with E-state index in [1.807, 2.05) is 0 Å². The lowest BCUT2D eigenvalue weighted by Crippen LogP contribution is -2.44. The van der Waals surface area contributed by atoms with Crippen LogP contribution in [0.3, 0.4) is 0 Å². The number of nitrogens with zero attached hydrogens (tertiary/aromatic N) is 1. The van der Waals surface area contributed by atoms with Crippen LogP contribution in [-0.4, -0.2) is 39.4 Å². The Hall–Kier alpha value is -0.580. The molecule has 0 radical (unpaired) electrons. The minimum absolute atomic E-state index is 0.324. The first kappa shape index (κ1) is 10.9. The summed E-state index contributed by atoms with van der Waals surface area (Å²) in [5.41, 5.74) is 1.35. The van der Waals surface area contributed by atoms with E-state index < -0.39 is 0 Å². The third-order valence-corrected chi connectivity index (χ3v) is 3.79. The smallest absolute Gasteiger partial charge is 0.0936 e. The molecule has 1 aromatic rings. The van der Waals surface area contributed by atoms with Crippen molar-refractivity contribution in [3.8, 4) is 0 Å². The van der Waals surface area contributed by atoms with Crippen LogP contribution >= 0.6 is 11.3 Å². The Morgan fingerprint density at radius 2 is 2.53 bits per heavy atom. The first-order valence-corrected chi connectivity index (χ1v) is 6.23. The van der Waals surface area contributed by atoms with Gasteiger partial charge in [0.05, 0.1) is 17.7 Å². The van der Waals surface area contributed by atoms with E-state index in [-0.39, 0.29) is 0 Å². The van der Waals surface area contributed by atoms with Gasteiger partial charge in [-0.1, -0.05) is 0 Å². The van der Waals surface area contributed by atoms with Crippen LogP contribution in [0.15, 0.2) is 11.4 Å². The molecule has 1 fully saturated rings. The van der Waals surface area contributed by atoms with Crippen LogP contribution in [0.25, 0.3) is 0 Å². The molecule has 0 aromatic carbocycles. The van der Waals surface area contributed by atoms with Gasteiger partial charge in [-0.05, 0) is 23.9 Å². The van der Waals surface area contributed by atoms with Crippen molar-refractivity contribution in [1.29, 1.82) is 0 Å². The molecule has 0 saturated carbocycles. The molecule has 1 atom stereocenters. The summed E-state index contributed by atoms with van der Waals surface area (Å²) < 4.78 is 5.69. The Morgan fingerprint density at radius 3 is 3.13 bits per heavy atom. The van der Waals surface area contributed by atoms with Crippen LogP contribution in [0.4, 0.5) is 5.00 Å². The molecule has 4 heteroatoms. The standard InChI is InChI=1S/C11H18N2OS/c1-9-3-6-15-11(9)13(2)8-10-7-12-4-5-14-10/h3,6,10,12H,4-5,7-8H2,1-2H3. The normalized spacial score (nSPS) is 21.6. The average molecular weight is 226 g/mol. The second-order valence-corrected chi connectivity index (χ2v) is 4.88. The first-order valence-electron chi connectivity index (χ1n) is 5.35. The number of thiophene rings is 1. The van der Waals surface area contributed by atoms with E-state index in [0.29, 0.717) is 6.10 Å². The highest BCUT2D eigenvalue weighted by Gasteiger charge is 2.16. The van der Waals surface area contributed by atoms with Crippen LogP contribution in [0.2, 0.25) is 0 Å². The Morgan fingerprint density at radius 1 is 1.67 bits per heavy atom. The molecule has 0 spiro atoms. The van der Waals surface area contributed by atoms with Crippen molar-refractivity contribution in [1.82, 2.24) is 5.32 Å². The summed E-state index contributed by atoms with van der Waals surface area (Å²) in [6.07, 6.45) is 0.324. The van der Waals surface area contributed by atoms with Gasteiger partial charge in [0, 0.05) is 26.7 Å². The Labute approximate surface area is 95.0 Å². The second kappa shape index (κ2) is 4.96. The molecular formula is C11H18N2OS. The lowest BCUT2D eigenvalue weighted by atomic mass is 10.3. The number of nitrogens with one attached hydrogen (secondary N) is 1. The van der Waals surface area contributed by atoms with Gasteiger partial charge in [-0.2, -0.15) is 0 Å². The van der Waals surface area contributed by atoms with Crippen LogP contribution < -0.4 is 10.2 Å². The van der Waals surface area contributed by atoms with Crippen molar-refractivity contribution in [2.75, 3.05) is 38.2 Å². The van der Waals surface area contributed by atoms with Crippen molar-refractivity contribution < 1.29 is 4.74 Å². The Balaban J connectivity index is 1.91. The maximum atomic E-state index is 5.69. The highest BCUT2D eigenvalue weighted by Crippen LogP contribution is 2.25. The van der Waals surface area contributed by atoms with Gasteiger partial charge in [0.25, 0.3) is 0 Å².